The summed E-state index contributed by atoms with van der Waals surface area (Å²) in [7, 11) is 0. The Morgan fingerprint density at radius 3 is 3.18 bits per heavy atom. The lowest BCUT2D eigenvalue weighted by molar-refractivity contribution is 0.240. The molecule has 94 valence electrons. The van der Waals surface area contributed by atoms with Crippen molar-refractivity contribution in [2.45, 2.75) is 23.8 Å². The second-order valence-corrected chi connectivity index (χ2v) is 6.49. The van der Waals surface area contributed by atoms with E-state index in [2.05, 4.69) is 13.6 Å². The third kappa shape index (κ3) is 2.50. The maximum absolute atomic E-state index is 8.89. The fourth-order valence-corrected chi connectivity index (χ4v) is 4.48. The van der Waals surface area contributed by atoms with Crippen molar-refractivity contribution in [1.82, 2.24) is 13.6 Å². The van der Waals surface area contributed by atoms with Crippen LogP contribution in [-0.2, 0) is 0 Å². The molecule has 0 aromatic carbocycles. The van der Waals surface area contributed by atoms with Gasteiger partial charge in [-0.1, -0.05) is 0 Å². The van der Waals surface area contributed by atoms with Gasteiger partial charge in [0.25, 0.3) is 0 Å². The van der Waals surface area contributed by atoms with Gasteiger partial charge in [-0.3, -0.25) is 0 Å². The maximum Gasteiger partial charge on any atom is 0.134 e. The van der Waals surface area contributed by atoms with Crippen molar-refractivity contribution < 1.29 is 5.11 Å². The van der Waals surface area contributed by atoms with Gasteiger partial charge in [0, 0.05) is 24.8 Å². The molecule has 2 aliphatic rings. The third-order valence-corrected chi connectivity index (χ3v) is 5.28. The van der Waals surface area contributed by atoms with E-state index in [4.69, 9.17) is 5.11 Å². The second kappa shape index (κ2) is 5.22. The summed E-state index contributed by atoms with van der Waals surface area (Å²) in [5, 5.41) is 9.94. The zero-order valence-corrected chi connectivity index (χ0v) is 11.3. The second-order valence-electron chi connectivity index (χ2n) is 4.87. The van der Waals surface area contributed by atoms with Crippen LogP contribution in [0.25, 0.3) is 0 Å². The number of thioether (sulfide) groups is 1. The highest BCUT2D eigenvalue weighted by Crippen LogP contribution is 2.38. The molecule has 4 nitrogen and oxygen atoms in total. The highest BCUT2D eigenvalue weighted by molar-refractivity contribution is 7.99. The Balaban J connectivity index is 1.73. The SMILES string of the molecule is OCCSc1nsnc1C1CC2CCN(C2)C1. The van der Waals surface area contributed by atoms with Gasteiger partial charge >= 0.3 is 0 Å². The minimum absolute atomic E-state index is 0.209. The minimum Gasteiger partial charge on any atom is -0.396 e. The fourth-order valence-electron chi connectivity index (χ4n) is 2.94. The summed E-state index contributed by atoms with van der Waals surface area (Å²) in [4.78, 5) is 2.55. The molecule has 0 spiro atoms. The Morgan fingerprint density at radius 2 is 2.35 bits per heavy atom. The zero-order valence-electron chi connectivity index (χ0n) is 9.71. The number of piperidine rings is 1. The number of fused-ring (bicyclic) bond motifs is 2. The maximum atomic E-state index is 8.89. The van der Waals surface area contributed by atoms with Gasteiger partial charge in [-0.05, 0) is 25.3 Å². The zero-order chi connectivity index (χ0) is 11.7. The number of aliphatic hydroxyl groups is 1. The summed E-state index contributed by atoms with van der Waals surface area (Å²) >= 11 is 2.95. The van der Waals surface area contributed by atoms with E-state index in [9.17, 15) is 0 Å². The van der Waals surface area contributed by atoms with Crippen molar-refractivity contribution in [1.29, 1.82) is 0 Å². The first-order chi connectivity index (χ1) is 8.36. The Kier molecular flexibility index (Phi) is 3.65. The number of hydrogen-bond donors (Lipinski definition) is 1. The van der Waals surface area contributed by atoms with Gasteiger partial charge < -0.3 is 10.0 Å². The lowest BCUT2D eigenvalue weighted by atomic mass is 9.89. The van der Waals surface area contributed by atoms with E-state index in [1.54, 1.807) is 11.8 Å². The van der Waals surface area contributed by atoms with Crippen LogP contribution in [0.5, 0.6) is 0 Å². The molecule has 6 heteroatoms. The highest BCUT2D eigenvalue weighted by atomic mass is 32.2. The number of rotatable bonds is 4. The molecule has 2 bridgehead atoms. The minimum atomic E-state index is 0.209. The number of hydrogen-bond acceptors (Lipinski definition) is 6. The van der Waals surface area contributed by atoms with E-state index in [0.29, 0.717) is 5.92 Å². The van der Waals surface area contributed by atoms with E-state index >= 15 is 0 Å². The first-order valence-electron chi connectivity index (χ1n) is 6.15. The van der Waals surface area contributed by atoms with Crippen LogP contribution < -0.4 is 0 Å². The van der Waals surface area contributed by atoms with Crippen molar-refractivity contribution in [3.63, 3.8) is 0 Å². The molecule has 3 atom stereocenters. The monoisotopic (exact) mass is 271 g/mol. The van der Waals surface area contributed by atoms with Crippen LogP contribution in [-0.4, -0.2) is 50.7 Å². The van der Waals surface area contributed by atoms with Crippen LogP contribution in [0, 0.1) is 5.92 Å². The Hall–Kier alpha value is -0.170. The molecular formula is C11H17N3OS2. The predicted molar refractivity (Wildman–Crippen MR) is 69.6 cm³/mol. The first-order valence-corrected chi connectivity index (χ1v) is 7.87. The molecule has 2 fully saturated rings. The van der Waals surface area contributed by atoms with Gasteiger partial charge in [0.15, 0.2) is 0 Å². The molecule has 3 heterocycles. The Labute approximate surface area is 110 Å². The summed E-state index contributed by atoms with van der Waals surface area (Å²) in [6, 6.07) is 0. The number of nitrogens with zero attached hydrogens (tertiary/aromatic N) is 3. The summed E-state index contributed by atoms with van der Waals surface area (Å²) in [5.74, 6) is 2.15. The van der Waals surface area contributed by atoms with Crippen molar-refractivity contribution in [2.24, 2.45) is 5.92 Å². The van der Waals surface area contributed by atoms with Gasteiger partial charge in [-0.15, -0.1) is 11.8 Å². The molecular weight excluding hydrogens is 254 g/mol. The van der Waals surface area contributed by atoms with Crippen LogP contribution in [0.1, 0.15) is 24.5 Å². The molecule has 1 N–H and O–H groups in total. The molecule has 1 aromatic rings. The average molecular weight is 271 g/mol. The summed E-state index contributed by atoms with van der Waals surface area (Å²) in [6.45, 7) is 3.90. The highest BCUT2D eigenvalue weighted by Gasteiger charge is 2.35. The topological polar surface area (TPSA) is 49.3 Å². The molecule has 3 rings (SSSR count). The van der Waals surface area contributed by atoms with Crippen LogP contribution in [0.2, 0.25) is 0 Å². The van der Waals surface area contributed by atoms with Crippen molar-refractivity contribution >= 4 is 23.5 Å². The van der Waals surface area contributed by atoms with Crippen molar-refractivity contribution in [3.8, 4) is 0 Å². The van der Waals surface area contributed by atoms with Gasteiger partial charge in [0.05, 0.1) is 24.0 Å². The van der Waals surface area contributed by atoms with Crippen LogP contribution >= 0.6 is 23.5 Å². The number of aromatic nitrogens is 2. The molecule has 0 aliphatic carbocycles. The summed E-state index contributed by atoms with van der Waals surface area (Å²) in [5.41, 5.74) is 1.19. The largest absolute Gasteiger partial charge is 0.396 e. The van der Waals surface area contributed by atoms with E-state index in [1.807, 2.05) is 0 Å². The molecule has 3 unspecified atom stereocenters. The molecule has 0 saturated carbocycles. The third-order valence-electron chi connectivity index (χ3n) is 3.67. The molecule has 0 radical (unpaired) electrons. The van der Waals surface area contributed by atoms with Crippen LogP contribution in [0.3, 0.4) is 0 Å². The first kappa shape index (κ1) is 11.9. The fraction of sp³-hybridized carbons (Fsp3) is 0.818. The van der Waals surface area contributed by atoms with Crippen LogP contribution in [0.4, 0.5) is 0 Å². The predicted octanol–water partition coefficient (Wildman–Crippen LogP) is 1.43. The van der Waals surface area contributed by atoms with Crippen molar-refractivity contribution in [3.05, 3.63) is 5.69 Å². The van der Waals surface area contributed by atoms with E-state index in [-0.39, 0.29) is 6.61 Å². The summed E-state index contributed by atoms with van der Waals surface area (Å²) in [6.07, 6.45) is 2.63. The lowest BCUT2D eigenvalue weighted by Crippen LogP contribution is -2.32. The van der Waals surface area contributed by atoms with E-state index < -0.39 is 0 Å². The molecule has 2 aliphatic heterocycles. The normalized spacial score (nSPS) is 31.9. The summed E-state index contributed by atoms with van der Waals surface area (Å²) < 4.78 is 8.85. The molecule has 17 heavy (non-hydrogen) atoms. The van der Waals surface area contributed by atoms with E-state index in [1.165, 1.54) is 43.4 Å². The average Bonchev–Trinajstić information content (AvgIpc) is 2.93. The van der Waals surface area contributed by atoms with Gasteiger partial charge in [-0.2, -0.15) is 8.75 Å². The standard InChI is InChI=1S/C11H17N3OS2/c15-3-4-16-11-10(12-17-13-11)9-5-8-1-2-14(6-8)7-9/h8-9,15H,1-7H2. The van der Waals surface area contributed by atoms with Gasteiger partial charge in [-0.25, -0.2) is 0 Å². The lowest BCUT2D eigenvalue weighted by Gasteiger charge is -2.29. The Bertz CT molecular complexity index is 373. The van der Waals surface area contributed by atoms with Gasteiger partial charge in [0.1, 0.15) is 5.03 Å². The molecule has 0 amide bonds. The number of aliphatic hydroxyl groups excluding tert-OH is 1. The van der Waals surface area contributed by atoms with Crippen LogP contribution in [0.15, 0.2) is 5.03 Å². The smallest absolute Gasteiger partial charge is 0.134 e. The molecule has 2 saturated heterocycles. The van der Waals surface area contributed by atoms with Crippen molar-refractivity contribution in [2.75, 3.05) is 32.0 Å². The quantitative estimate of drug-likeness (QED) is 0.840. The van der Waals surface area contributed by atoms with E-state index in [0.717, 1.165) is 23.2 Å². The van der Waals surface area contributed by atoms with Gasteiger partial charge in [0.2, 0.25) is 0 Å². The Morgan fingerprint density at radius 1 is 1.41 bits per heavy atom. The molecule has 1 aromatic heterocycles.